The summed E-state index contributed by atoms with van der Waals surface area (Å²) in [5, 5.41) is 2.49. The van der Waals surface area contributed by atoms with E-state index in [4.69, 9.17) is 12.2 Å². The molecule has 0 saturated carbocycles. The van der Waals surface area contributed by atoms with E-state index in [1.165, 1.54) is 12.2 Å². The fourth-order valence-electron chi connectivity index (χ4n) is 2.11. The van der Waals surface area contributed by atoms with Gasteiger partial charge in [0.2, 0.25) is 5.91 Å². The molecule has 19 heavy (non-hydrogen) atoms. The first-order chi connectivity index (χ1) is 8.97. The summed E-state index contributed by atoms with van der Waals surface area (Å²) in [6.45, 7) is 7.11. The van der Waals surface area contributed by atoms with E-state index in [0.29, 0.717) is 6.42 Å². The molecule has 0 aromatic heterocycles. The molecular formula is C13H12N2O3S. The number of thiocarbonyl (C=S) groups is 1. The fraction of sp³-hybridized carbons (Fsp3) is 0.231. The van der Waals surface area contributed by atoms with E-state index in [1.807, 2.05) is 0 Å². The molecule has 2 heterocycles. The molecule has 0 spiro atoms. The van der Waals surface area contributed by atoms with Crippen LogP contribution in [0, 0.1) is 0 Å². The highest BCUT2D eigenvalue weighted by molar-refractivity contribution is 7.80. The molecule has 1 unspecified atom stereocenters. The predicted molar refractivity (Wildman–Crippen MR) is 73.0 cm³/mol. The number of allylic oxidation sites excluding steroid dienone is 2. The number of hydrogen-bond donors (Lipinski definition) is 1. The quantitative estimate of drug-likeness (QED) is 0.456. The second-order valence-corrected chi connectivity index (χ2v) is 4.68. The molecule has 0 aliphatic carbocycles. The van der Waals surface area contributed by atoms with Gasteiger partial charge in [-0.2, -0.15) is 0 Å². The Hall–Kier alpha value is -2.08. The topological polar surface area (TPSA) is 66.5 Å². The van der Waals surface area contributed by atoms with Crippen LogP contribution in [0.25, 0.3) is 0 Å². The zero-order valence-corrected chi connectivity index (χ0v) is 11.0. The van der Waals surface area contributed by atoms with E-state index in [2.05, 4.69) is 18.5 Å². The Labute approximate surface area is 115 Å². The number of hydrogen-bond acceptors (Lipinski definition) is 4. The standard InChI is InChI=1S/C13H12N2O3S/c1-3-4-8-7(2)12(17)15(13(8)18)9-5-6-10(16)14-11(9)19/h3-4,9H,1-2,5-6H2,(H,14,16,19)/b8-4+. The third kappa shape index (κ3) is 2.15. The van der Waals surface area contributed by atoms with Crippen molar-refractivity contribution >= 4 is 34.9 Å². The summed E-state index contributed by atoms with van der Waals surface area (Å²) in [4.78, 5) is 36.8. The molecule has 0 bridgehead atoms. The first-order valence-electron chi connectivity index (χ1n) is 5.71. The van der Waals surface area contributed by atoms with E-state index in [-0.39, 0.29) is 28.5 Å². The molecule has 2 saturated heterocycles. The highest BCUT2D eigenvalue weighted by atomic mass is 32.1. The van der Waals surface area contributed by atoms with Gasteiger partial charge in [-0.25, -0.2) is 0 Å². The van der Waals surface area contributed by atoms with Crippen molar-refractivity contribution in [3.05, 3.63) is 36.5 Å². The van der Waals surface area contributed by atoms with Gasteiger partial charge in [0, 0.05) is 12.0 Å². The van der Waals surface area contributed by atoms with Crippen molar-refractivity contribution in [2.45, 2.75) is 18.9 Å². The molecular weight excluding hydrogens is 264 g/mol. The van der Waals surface area contributed by atoms with Gasteiger partial charge in [0.05, 0.1) is 11.6 Å². The van der Waals surface area contributed by atoms with Gasteiger partial charge < -0.3 is 5.32 Å². The second kappa shape index (κ2) is 4.89. The fourth-order valence-corrected chi connectivity index (χ4v) is 2.45. The maximum absolute atomic E-state index is 12.2. The number of imide groups is 1. The van der Waals surface area contributed by atoms with Gasteiger partial charge in [-0.15, -0.1) is 0 Å². The molecule has 2 aliphatic rings. The van der Waals surface area contributed by atoms with Crippen molar-refractivity contribution in [1.29, 1.82) is 0 Å². The van der Waals surface area contributed by atoms with Gasteiger partial charge in [0.25, 0.3) is 11.8 Å². The Bertz CT molecular complexity index is 562. The minimum Gasteiger partial charge on any atom is -0.319 e. The highest BCUT2D eigenvalue weighted by Crippen LogP contribution is 2.28. The number of carbonyl (C=O) groups is 3. The van der Waals surface area contributed by atoms with Gasteiger partial charge in [-0.3, -0.25) is 19.3 Å². The molecule has 3 amide bonds. The van der Waals surface area contributed by atoms with Crippen molar-refractivity contribution in [1.82, 2.24) is 10.2 Å². The Balaban J connectivity index is 2.33. The van der Waals surface area contributed by atoms with Crippen molar-refractivity contribution in [3.8, 4) is 0 Å². The summed E-state index contributed by atoms with van der Waals surface area (Å²) in [5.74, 6) is -1.11. The van der Waals surface area contributed by atoms with Crippen LogP contribution in [0.15, 0.2) is 36.5 Å². The molecule has 98 valence electrons. The summed E-state index contributed by atoms with van der Waals surface area (Å²) in [7, 11) is 0. The second-order valence-electron chi connectivity index (χ2n) is 4.24. The molecule has 5 nitrogen and oxygen atoms in total. The molecule has 1 atom stereocenters. The van der Waals surface area contributed by atoms with E-state index in [9.17, 15) is 14.4 Å². The maximum Gasteiger partial charge on any atom is 0.262 e. The van der Waals surface area contributed by atoms with Gasteiger partial charge in [-0.1, -0.05) is 31.5 Å². The Morgan fingerprint density at radius 3 is 2.58 bits per heavy atom. The monoisotopic (exact) mass is 276 g/mol. The lowest BCUT2D eigenvalue weighted by Gasteiger charge is -2.29. The third-order valence-electron chi connectivity index (χ3n) is 3.06. The Kier molecular flexibility index (Phi) is 3.44. The molecule has 2 rings (SSSR count). The third-order valence-corrected chi connectivity index (χ3v) is 3.43. The lowest BCUT2D eigenvalue weighted by molar-refractivity contribution is -0.139. The van der Waals surface area contributed by atoms with Crippen LogP contribution < -0.4 is 5.32 Å². The van der Waals surface area contributed by atoms with Crippen LogP contribution in [0.2, 0.25) is 0 Å². The average molecular weight is 276 g/mol. The van der Waals surface area contributed by atoms with Gasteiger partial charge in [-0.05, 0) is 12.5 Å². The van der Waals surface area contributed by atoms with Crippen LogP contribution in [0.1, 0.15) is 12.8 Å². The molecule has 2 aliphatic heterocycles. The molecule has 2 fully saturated rings. The number of likely N-dealkylation sites (tertiary alicyclic amines) is 1. The van der Waals surface area contributed by atoms with Crippen LogP contribution in [-0.4, -0.2) is 33.7 Å². The summed E-state index contributed by atoms with van der Waals surface area (Å²) < 4.78 is 0. The minimum atomic E-state index is -0.583. The van der Waals surface area contributed by atoms with E-state index >= 15 is 0 Å². The van der Waals surface area contributed by atoms with E-state index < -0.39 is 17.9 Å². The van der Waals surface area contributed by atoms with Crippen LogP contribution in [-0.2, 0) is 14.4 Å². The highest BCUT2D eigenvalue weighted by Gasteiger charge is 2.44. The molecule has 0 aromatic rings. The lowest BCUT2D eigenvalue weighted by atomic mass is 10.1. The normalized spacial score (nSPS) is 26.1. The zero-order valence-electron chi connectivity index (χ0n) is 10.1. The SMILES string of the molecule is C=C/C=C1\C(=C)C(=O)N(C2CCC(=O)NC2=S)C1=O. The van der Waals surface area contributed by atoms with Crippen molar-refractivity contribution in [2.75, 3.05) is 0 Å². The van der Waals surface area contributed by atoms with Crippen LogP contribution in [0.3, 0.4) is 0 Å². The summed E-state index contributed by atoms with van der Waals surface area (Å²) in [6.07, 6.45) is 3.45. The van der Waals surface area contributed by atoms with Crippen molar-refractivity contribution in [3.63, 3.8) is 0 Å². The minimum absolute atomic E-state index is 0.129. The number of rotatable bonds is 2. The van der Waals surface area contributed by atoms with Crippen LogP contribution in [0.5, 0.6) is 0 Å². The largest absolute Gasteiger partial charge is 0.319 e. The van der Waals surface area contributed by atoms with Crippen molar-refractivity contribution < 1.29 is 14.4 Å². The number of amides is 3. The van der Waals surface area contributed by atoms with Gasteiger partial charge >= 0.3 is 0 Å². The summed E-state index contributed by atoms with van der Waals surface area (Å²) >= 11 is 5.04. The smallest absolute Gasteiger partial charge is 0.262 e. The van der Waals surface area contributed by atoms with E-state index in [1.54, 1.807) is 0 Å². The first kappa shape index (κ1) is 13.4. The molecule has 1 N–H and O–H groups in total. The Morgan fingerprint density at radius 1 is 1.32 bits per heavy atom. The first-order valence-corrected chi connectivity index (χ1v) is 6.11. The molecule has 0 aromatic carbocycles. The van der Waals surface area contributed by atoms with Crippen LogP contribution >= 0.6 is 12.2 Å². The Morgan fingerprint density at radius 2 is 2.00 bits per heavy atom. The number of piperidine rings is 1. The van der Waals surface area contributed by atoms with Gasteiger partial charge in [0.15, 0.2) is 0 Å². The number of nitrogens with one attached hydrogen (secondary N) is 1. The molecule has 6 heteroatoms. The van der Waals surface area contributed by atoms with E-state index in [0.717, 1.165) is 4.90 Å². The van der Waals surface area contributed by atoms with Gasteiger partial charge in [0.1, 0.15) is 4.99 Å². The molecule has 0 radical (unpaired) electrons. The van der Waals surface area contributed by atoms with Crippen LogP contribution in [0.4, 0.5) is 0 Å². The van der Waals surface area contributed by atoms with Crippen molar-refractivity contribution in [2.24, 2.45) is 0 Å². The lowest BCUT2D eigenvalue weighted by Crippen LogP contribution is -2.53. The maximum atomic E-state index is 12.2. The number of nitrogens with zero attached hydrogens (tertiary/aromatic N) is 1. The summed E-state index contributed by atoms with van der Waals surface area (Å²) in [5.41, 5.74) is 0.351. The average Bonchev–Trinajstić information content (AvgIpc) is 2.55. The predicted octanol–water partition coefficient (Wildman–Crippen LogP) is 0.630. The number of carbonyl (C=O) groups excluding carboxylic acids is 3. The zero-order chi connectivity index (χ0) is 14.2. The summed E-state index contributed by atoms with van der Waals surface area (Å²) in [6, 6.07) is -0.583.